The van der Waals surface area contributed by atoms with Crippen molar-refractivity contribution in [2.24, 2.45) is 0 Å². The van der Waals surface area contributed by atoms with Crippen LogP contribution >= 0.6 is 0 Å². The van der Waals surface area contributed by atoms with Crippen LogP contribution in [-0.4, -0.2) is 21.4 Å². The maximum atomic E-state index is 12.3. The molecule has 2 N–H and O–H groups in total. The van der Waals surface area contributed by atoms with Crippen LogP contribution in [0.3, 0.4) is 0 Å². The second kappa shape index (κ2) is 6.36. The molecule has 0 aliphatic carbocycles. The zero-order valence-corrected chi connectivity index (χ0v) is 14.6. The summed E-state index contributed by atoms with van der Waals surface area (Å²) in [5.74, 6) is 0.231. The largest absolute Gasteiger partial charge is 0.346 e. The van der Waals surface area contributed by atoms with Crippen molar-refractivity contribution in [1.82, 2.24) is 15.3 Å². The Morgan fingerprint density at radius 2 is 1.65 bits per heavy atom. The Morgan fingerprint density at radius 1 is 1.04 bits per heavy atom. The van der Waals surface area contributed by atoms with Crippen molar-refractivity contribution < 1.29 is 4.79 Å². The molecule has 122 valence electrons. The van der Waals surface area contributed by atoms with Gasteiger partial charge in [0.1, 0.15) is 5.69 Å². The molecule has 0 unspecified atom stereocenters. The standard InChI is InChI=1S/C18H24N4O/c1-11-8-7-9-12(2)15(11)21-17-19-13(3)10-14(20-17)16(23)22-18(4,5)6/h7-10H,1-6H3,(H,22,23)(H,19,20,21). The van der Waals surface area contributed by atoms with E-state index in [-0.39, 0.29) is 11.4 Å². The second-order valence-electron chi connectivity index (χ2n) is 6.81. The lowest BCUT2D eigenvalue weighted by molar-refractivity contribution is 0.0914. The predicted molar refractivity (Wildman–Crippen MR) is 93.2 cm³/mol. The minimum Gasteiger partial charge on any atom is -0.346 e. The summed E-state index contributed by atoms with van der Waals surface area (Å²) in [5.41, 5.74) is 3.98. The van der Waals surface area contributed by atoms with Gasteiger partial charge in [-0.25, -0.2) is 9.97 Å². The molecule has 0 aliphatic heterocycles. The van der Waals surface area contributed by atoms with Crippen molar-refractivity contribution in [3.05, 3.63) is 46.8 Å². The molecule has 23 heavy (non-hydrogen) atoms. The van der Waals surface area contributed by atoms with Gasteiger partial charge in [0.05, 0.1) is 0 Å². The third-order valence-corrected chi connectivity index (χ3v) is 3.29. The van der Waals surface area contributed by atoms with E-state index in [4.69, 9.17) is 0 Å². The molecule has 0 saturated carbocycles. The van der Waals surface area contributed by atoms with Crippen molar-refractivity contribution in [3.63, 3.8) is 0 Å². The summed E-state index contributed by atoms with van der Waals surface area (Å²) in [7, 11) is 0. The number of para-hydroxylation sites is 1. The SMILES string of the molecule is Cc1cc(C(=O)NC(C)(C)C)nc(Nc2c(C)cccc2C)n1. The summed E-state index contributed by atoms with van der Waals surface area (Å²) in [4.78, 5) is 21.1. The average Bonchev–Trinajstić information content (AvgIpc) is 2.40. The fourth-order valence-electron chi connectivity index (χ4n) is 2.27. The third-order valence-electron chi connectivity index (χ3n) is 3.29. The van der Waals surface area contributed by atoms with Gasteiger partial charge >= 0.3 is 0 Å². The molecular formula is C18H24N4O. The van der Waals surface area contributed by atoms with Crippen LogP contribution in [0.2, 0.25) is 0 Å². The Morgan fingerprint density at radius 3 is 2.22 bits per heavy atom. The topological polar surface area (TPSA) is 66.9 Å². The molecule has 0 saturated heterocycles. The van der Waals surface area contributed by atoms with Gasteiger partial charge in [-0.2, -0.15) is 0 Å². The molecule has 2 aromatic rings. The minimum absolute atomic E-state index is 0.201. The Kier molecular flexibility index (Phi) is 4.68. The molecule has 0 bridgehead atoms. The van der Waals surface area contributed by atoms with E-state index in [9.17, 15) is 4.79 Å². The molecule has 1 heterocycles. The number of aryl methyl sites for hydroxylation is 3. The number of anilines is 2. The number of aromatic nitrogens is 2. The first-order valence-electron chi connectivity index (χ1n) is 7.67. The summed E-state index contributed by atoms with van der Waals surface area (Å²) in [6.45, 7) is 11.7. The van der Waals surface area contributed by atoms with E-state index >= 15 is 0 Å². The van der Waals surface area contributed by atoms with Gasteiger partial charge < -0.3 is 10.6 Å². The lowest BCUT2D eigenvalue weighted by Gasteiger charge is -2.20. The molecule has 1 amide bonds. The maximum absolute atomic E-state index is 12.3. The normalized spacial score (nSPS) is 11.2. The Labute approximate surface area is 137 Å². The summed E-state index contributed by atoms with van der Waals surface area (Å²) in [6.07, 6.45) is 0. The van der Waals surface area contributed by atoms with Crippen molar-refractivity contribution in [2.45, 2.75) is 47.1 Å². The fraction of sp³-hybridized carbons (Fsp3) is 0.389. The minimum atomic E-state index is -0.309. The van der Waals surface area contributed by atoms with E-state index in [0.717, 1.165) is 22.5 Å². The highest BCUT2D eigenvalue weighted by atomic mass is 16.2. The number of carbonyl (C=O) groups excluding carboxylic acids is 1. The first-order valence-corrected chi connectivity index (χ1v) is 7.67. The van der Waals surface area contributed by atoms with Gasteiger partial charge in [-0.15, -0.1) is 0 Å². The number of nitrogens with one attached hydrogen (secondary N) is 2. The molecule has 1 aromatic carbocycles. The number of hydrogen-bond donors (Lipinski definition) is 2. The molecule has 0 aliphatic rings. The third kappa shape index (κ3) is 4.52. The van der Waals surface area contributed by atoms with Gasteiger partial charge in [0.15, 0.2) is 0 Å². The summed E-state index contributed by atoms with van der Waals surface area (Å²) >= 11 is 0. The van der Waals surface area contributed by atoms with Crippen LogP contribution in [0.25, 0.3) is 0 Å². The maximum Gasteiger partial charge on any atom is 0.270 e. The van der Waals surface area contributed by atoms with Crippen molar-refractivity contribution in [3.8, 4) is 0 Å². The first kappa shape index (κ1) is 16.9. The average molecular weight is 312 g/mol. The monoisotopic (exact) mass is 312 g/mol. The number of benzene rings is 1. The van der Waals surface area contributed by atoms with E-state index in [1.165, 1.54) is 0 Å². The number of hydrogen-bond acceptors (Lipinski definition) is 4. The molecule has 5 heteroatoms. The van der Waals surface area contributed by atoms with Crippen LogP contribution in [-0.2, 0) is 0 Å². The van der Waals surface area contributed by atoms with E-state index in [1.807, 2.05) is 59.7 Å². The van der Waals surface area contributed by atoms with Gasteiger partial charge in [-0.05, 0) is 58.7 Å². The molecule has 0 radical (unpaired) electrons. The Balaban J connectivity index is 2.33. The molecular weight excluding hydrogens is 288 g/mol. The van der Waals surface area contributed by atoms with Crippen molar-refractivity contribution in [1.29, 1.82) is 0 Å². The van der Waals surface area contributed by atoms with E-state index < -0.39 is 0 Å². The van der Waals surface area contributed by atoms with Crippen LogP contribution in [0, 0.1) is 20.8 Å². The summed E-state index contributed by atoms with van der Waals surface area (Å²) < 4.78 is 0. The lowest BCUT2D eigenvalue weighted by Crippen LogP contribution is -2.41. The molecule has 1 aromatic heterocycles. The highest BCUT2D eigenvalue weighted by molar-refractivity contribution is 5.93. The summed E-state index contributed by atoms with van der Waals surface area (Å²) in [5, 5.41) is 6.16. The number of carbonyl (C=O) groups is 1. The van der Waals surface area contributed by atoms with Crippen LogP contribution in [0.15, 0.2) is 24.3 Å². The quantitative estimate of drug-likeness (QED) is 0.907. The Bertz CT molecular complexity index is 712. The zero-order chi connectivity index (χ0) is 17.2. The van der Waals surface area contributed by atoms with Gasteiger partial charge in [0.2, 0.25) is 5.95 Å². The number of amides is 1. The molecule has 0 fully saturated rings. The van der Waals surface area contributed by atoms with E-state index in [2.05, 4.69) is 20.6 Å². The molecule has 0 atom stereocenters. The van der Waals surface area contributed by atoms with Gasteiger partial charge in [-0.1, -0.05) is 18.2 Å². The number of nitrogens with zero attached hydrogens (tertiary/aromatic N) is 2. The number of rotatable bonds is 3. The lowest BCUT2D eigenvalue weighted by atomic mass is 10.1. The van der Waals surface area contributed by atoms with Gasteiger partial charge in [-0.3, -0.25) is 4.79 Å². The van der Waals surface area contributed by atoms with E-state index in [1.54, 1.807) is 6.07 Å². The fourth-order valence-corrected chi connectivity index (χ4v) is 2.27. The van der Waals surface area contributed by atoms with Gasteiger partial charge in [0, 0.05) is 16.9 Å². The van der Waals surface area contributed by atoms with Crippen LogP contribution in [0.1, 0.15) is 48.1 Å². The van der Waals surface area contributed by atoms with E-state index in [0.29, 0.717) is 11.6 Å². The predicted octanol–water partition coefficient (Wildman–Crippen LogP) is 3.67. The second-order valence-corrected chi connectivity index (χ2v) is 6.81. The molecule has 5 nitrogen and oxygen atoms in total. The molecule has 2 rings (SSSR count). The highest BCUT2D eigenvalue weighted by Crippen LogP contribution is 2.22. The summed E-state index contributed by atoms with van der Waals surface area (Å²) in [6, 6.07) is 7.75. The Hall–Kier alpha value is -2.43. The first-order chi connectivity index (χ1) is 10.7. The van der Waals surface area contributed by atoms with Crippen LogP contribution in [0.4, 0.5) is 11.6 Å². The zero-order valence-electron chi connectivity index (χ0n) is 14.6. The van der Waals surface area contributed by atoms with Gasteiger partial charge in [0.25, 0.3) is 5.91 Å². The molecule has 0 spiro atoms. The van der Waals surface area contributed by atoms with Crippen molar-refractivity contribution >= 4 is 17.5 Å². The smallest absolute Gasteiger partial charge is 0.270 e. The van der Waals surface area contributed by atoms with Crippen LogP contribution in [0.5, 0.6) is 0 Å². The van der Waals surface area contributed by atoms with Crippen molar-refractivity contribution in [2.75, 3.05) is 5.32 Å². The van der Waals surface area contributed by atoms with Crippen LogP contribution < -0.4 is 10.6 Å². The highest BCUT2D eigenvalue weighted by Gasteiger charge is 2.17.